The first kappa shape index (κ1) is 23.8. The molecular weight excluding hydrogens is 504 g/mol. The number of nitrogens with zero attached hydrogens (tertiary/aromatic N) is 4. The van der Waals surface area contributed by atoms with E-state index in [9.17, 15) is 19.8 Å². The first-order valence-corrected chi connectivity index (χ1v) is 11.4. The summed E-state index contributed by atoms with van der Waals surface area (Å²) in [5, 5.41) is 21.8. The van der Waals surface area contributed by atoms with Crippen LogP contribution in [0.2, 0.25) is 0 Å². The van der Waals surface area contributed by atoms with Crippen molar-refractivity contribution in [3.8, 4) is 11.5 Å². The molecular formula is C24H25BrN4O5. The molecule has 2 aromatic heterocycles. The number of aryl methyl sites for hydroxylation is 1. The molecule has 0 bridgehead atoms. The van der Waals surface area contributed by atoms with Gasteiger partial charge in [0.2, 0.25) is 0 Å². The van der Waals surface area contributed by atoms with Gasteiger partial charge < -0.3 is 24.7 Å². The van der Waals surface area contributed by atoms with Gasteiger partial charge in [-0.2, -0.15) is 0 Å². The van der Waals surface area contributed by atoms with Gasteiger partial charge in [-0.1, -0.05) is 6.07 Å². The molecule has 1 aliphatic rings. The summed E-state index contributed by atoms with van der Waals surface area (Å²) in [5.74, 6) is -1.73. The molecule has 1 atom stereocenters. The van der Waals surface area contributed by atoms with Crippen LogP contribution in [-0.2, 0) is 9.59 Å². The van der Waals surface area contributed by atoms with Crippen LogP contribution in [0.3, 0.4) is 0 Å². The lowest BCUT2D eigenvalue weighted by Crippen LogP contribution is -2.35. The number of likely N-dealkylation sites (N-methyl/N-ethyl adjacent to an activating group) is 1. The Morgan fingerprint density at radius 1 is 1.26 bits per heavy atom. The number of imidazole rings is 1. The number of carbonyl (C=O) groups is 2. The van der Waals surface area contributed by atoms with E-state index >= 15 is 0 Å². The number of aromatic hydroxyl groups is 1. The second kappa shape index (κ2) is 9.11. The van der Waals surface area contributed by atoms with E-state index in [4.69, 9.17) is 4.74 Å². The van der Waals surface area contributed by atoms with Gasteiger partial charge in [-0.25, -0.2) is 4.98 Å². The van der Waals surface area contributed by atoms with Gasteiger partial charge in [-0.05, 0) is 66.8 Å². The highest BCUT2D eigenvalue weighted by Crippen LogP contribution is 2.44. The van der Waals surface area contributed by atoms with E-state index in [1.807, 2.05) is 25.1 Å². The summed E-state index contributed by atoms with van der Waals surface area (Å²) in [6, 6.07) is 7.70. The minimum absolute atomic E-state index is 0.0443. The minimum atomic E-state index is -0.889. The number of aromatic nitrogens is 2. The van der Waals surface area contributed by atoms with Gasteiger partial charge >= 0.3 is 0 Å². The van der Waals surface area contributed by atoms with Crippen LogP contribution in [0.15, 0.2) is 46.6 Å². The van der Waals surface area contributed by atoms with E-state index < -0.39 is 17.7 Å². The number of aliphatic hydroxyl groups excluding tert-OH is 1. The van der Waals surface area contributed by atoms with E-state index in [-0.39, 0.29) is 29.4 Å². The molecule has 1 fully saturated rings. The average molecular weight is 529 g/mol. The number of hydrogen-bond acceptors (Lipinski definition) is 7. The lowest BCUT2D eigenvalue weighted by atomic mass is 9.96. The van der Waals surface area contributed by atoms with Crippen LogP contribution in [-0.4, -0.2) is 75.4 Å². The number of phenolic OH excluding ortho intramolecular Hbond substituents is 1. The Balaban J connectivity index is 1.97. The van der Waals surface area contributed by atoms with Crippen molar-refractivity contribution < 1.29 is 24.5 Å². The summed E-state index contributed by atoms with van der Waals surface area (Å²) in [6.07, 6.45) is 1.74. The molecule has 4 rings (SSSR count). The number of hydrogen-bond donors (Lipinski definition) is 2. The number of aliphatic hydroxyl groups is 1. The van der Waals surface area contributed by atoms with Crippen LogP contribution in [0.5, 0.6) is 11.5 Å². The van der Waals surface area contributed by atoms with Crippen molar-refractivity contribution in [2.75, 3.05) is 34.3 Å². The first-order chi connectivity index (χ1) is 16.1. The summed E-state index contributed by atoms with van der Waals surface area (Å²) in [7, 11) is 5.15. The number of phenols is 1. The lowest BCUT2D eigenvalue weighted by Gasteiger charge is -2.27. The molecule has 1 aromatic carbocycles. The van der Waals surface area contributed by atoms with Gasteiger partial charge in [-0.15, -0.1) is 0 Å². The second-order valence-electron chi connectivity index (χ2n) is 8.32. The number of methoxy groups -OCH3 is 1. The van der Waals surface area contributed by atoms with Gasteiger partial charge in [0.05, 0.1) is 28.9 Å². The number of fused-ring (bicyclic) bond motifs is 1. The maximum atomic E-state index is 13.3. The van der Waals surface area contributed by atoms with Gasteiger partial charge in [0.25, 0.3) is 11.7 Å². The Morgan fingerprint density at radius 3 is 2.68 bits per heavy atom. The highest BCUT2D eigenvalue weighted by atomic mass is 79.9. The number of benzene rings is 1. The molecule has 1 saturated heterocycles. The summed E-state index contributed by atoms with van der Waals surface area (Å²) in [4.78, 5) is 34.2. The second-order valence-corrected chi connectivity index (χ2v) is 9.18. The molecule has 9 nitrogen and oxygen atoms in total. The van der Waals surface area contributed by atoms with Crippen molar-refractivity contribution in [2.45, 2.75) is 13.0 Å². The standard InChI is InChI=1S/C24H25BrN4O5/c1-13-19(28-8-6-5-7-17(28)26-13)22(31)18-20(14-11-15(25)21(30)16(12-14)34-4)29(10-9-27(2)3)24(33)23(18)32/h5-8,11-12,20,30-31H,9-10H2,1-4H3/b22-18+. The summed E-state index contributed by atoms with van der Waals surface area (Å²) >= 11 is 3.32. The quantitative estimate of drug-likeness (QED) is 0.287. The lowest BCUT2D eigenvalue weighted by molar-refractivity contribution is -0.140. The molecule has 1 unspecified atom stereocenters. The van der Waals surface area contributed by atoms with Crippen LogP contribution in [0.1, 0.15) is 23.0 Å². The third-order valence-corrected chi connectivity index (χ3v) is 6.45. The molecule has 1 aliphatic heterocycles. The number of carbonyl (C=O) groups excluding carboxylic acids is 2. The molecule has 10 heteroatoms. The van der Waals surface area contributed by atoms with E-state index in [0.717, 1.165) is 0 Å². The molecule has 0 radical (unpaired) electrons. The highest BCUT2D eigenvalue weighted by molar-refractivity contribution is 9.10. The summed E-state index contributed by atoms with van der Waals surface area (Å²) < 4.78 is 7.31. The summed E-state index contributed by atoms with van der Waals surface area (Å²) in [6.45, 7) is 2.50. The predicted molar refractivity (Wildman–Crippen MR) is 130 cm³/mol. The predicted octanol–water partition coefficient (Wildman–Crippen LogP) is 3.10. The van der Waals surface area contributed by atoms with Gasteiger partial charge in [0.1, 0.15) is 11.3 Å². The monoisotopic (exact) mass is 528 g/mol. The van der Waals surface area contributed by atoms with Gasteiger partial charge in [0.15, 0.2) is 17.3 Å². The molecule has 34 heavy (non-hydrogen) atoms. The molecule has 3 aromatic rings. The number of pyridine rings is 1. The van der Waals surface area contributed by atoms with Crippen molar-refractivity contribution >= 4 is 39.0 Å². The zero-order chi connectivity index (χ0) is 24.7. The molecule has 2 N–H and O–H groups in total. The first-order valence-electron chi connectivity index (χ1n) is 10.6. The fourth-order valence-corrected chi connectivity index (χ4v) is 4.66. The van der Waals surface area contributed by atoms with Crippen LogP contribution >= 0.6 is 15.9 Å². The van der Waals surface area contributed by atoms with E-state index in [1.54, 1.807) is 41.8 Å². The van der Waals surface area contributed by atoms with Crippen LogP contribution in [0.4, 0.5) is 0 Å². The number of amides is 1. The van der Waals surface area contributed by atoms with Gasteiger partial charge in [0, 0.05) is 19.3 Å². The van der Waals surface area contributed by atoms with Crippen molar-refractivity contribution in [3.05, 3.63) is 63.5 Å². The van der Waals surface area contributed by atoms with Crippen molar-refractivity contribution in [1.29, 1.82) is 0 Å². The Morgan fingerprint density at radius 2 is 2.00 bits per heavy atom. The Bertz CT molecular complexity index is 1330. The van der Waals surface area contributed by atoms with Crippen LogP contribution in [0.25, 0.3) is 11.4 Å². The fraction of sp³-hybridized carbons (Fsp3) is 0.292. The number of ketones is 1. The third kappa shape index (κ3) is 3.92. The average Bonchev–Trinajstić information content (AvgIpc) is 3.26. The molecule has 1 amide bonds. The van der Waals surface area contributed by atoms with E-state index in [2.05, 4.69) is 20.9 Å². The molecule has 3 heterocycles. The third-order valence-electron chi connectivity index (χ3n) is 5.84. The van der Waals surface area contributed by atoms with E-state index in [1.165, 1.54) is 12.0 Å². The van der Waals surface area contributed by atoms with Crippen LogP contribution in [0, 0.1) is 6.92 Å². The fourth-order valence-electron chi connectivity index (χ4n) is 4.20. The Hall–Kier alpha value is -3.37. The smallest absolute Gasteiger partial charge is 0.295 e. The van der Waals surface area contributed by atoms with E-state index in [0.29, 0.717) is 33.6 Å². The highest BCUT2D eigenvalue weighted by Gasteiger charge is 2.46. The topological polar surface area (TPSA) is 108 Å². The normalized spacial score (nSPS) is 17.8. The Labute approximate surface area is 205 Å². The zero-order valence-corrected chi connectivity index (χ0v) is 20.8. The number of likely N-dealkylation sites (tertiary alicyclic amines) is 1. The molecule has 0 spiro atoms. The van der Waals surface area contributed by atoms with Crippen molar-refractivity contribution in [3.63, 3.8) is 0 Å². The van der Waals surface area contributed by atoms with Gasteiger partial charge in [-0.3, -0.25) is 14.0 Å². The molecule has 0 saturated carbocycles. The van der Waals surface area contributed by atoms with Crippen molar-refractivity contribution in [2.24, 2.45) is 0 Å². The number of rotatable bonds is 6. The molecule has 178 valence electrons. The number of ether oxygens (including phenoxy) is 1. The molecule has 0 aliphatic carbocycles. The maximum Gasteiger partial charge on any atom is 0.295 e. The largest absolute Gasteiger partial charge is 0.505 e. The number of halogens is 1. The maximum absolute atomic E-state index is 13.3. The number of Topliss-reactive ketones (excluding diaryl/α,β-unsaturated/α-hetero) is 1. The minimum Gasteiger partial charge on any atom is -0.505 e. The summed E-state index contributed by atoms with van der Waals surface area (Å²) in [5.41, 5.74) is 1.93. The van der Waals surface area contributed by atoms with Crippen molar-refractivity contribution in [1.82, 2.24) is 19.2 Å². The van der Waals surface area contributed by atoms with Crippen LogP contribution < -0.4 is 4.74 Å². The zero-order valence-electron chi connectivity index (χ0n) is 19.2. The SMILES string of the molecule is COc1cc(C2/C(=C(\O)c3c(C)nc4ccccn34)C(=O)C(=O)N2CCN(C)C)cc(Br)c1O. The Kier molecular flexibility index (Phi) is 6.37.